The summed E-state index contributed by atoms with van der Waals surface area (Å²) in [7, 11) is 0. The molecule has 0 radical (unpaired) electrons. The highest BCUT2D eigenvalue weighted by atomic mass is 16.6. The summed E-state index contributed by atoms with van der Waals surface area (Å²) in [4.78, 5) is 24.8. The van der Waals surface area contributed by atoms with Gasteiger partial charge in [0.2, 0.25) is 0 Å². The molecule has 2 aliphatic rings. The van der Waals surface area contributed by atoms with Crippen molar-refractivity contribution in [2.75, 3.05) is 13.2 Å². The van der Waals surface area contributed by atoms with E-state index in [4.69, 9.17) is 4.74 Å². The Morgan fingerprint density at radius 3 is 2.83 bits per heavy atom. The number of fused-ring (bicyclic) bond motifs is 1. The number of carboxylic acids is 1. The fourth-order valence-electron chi connectivity index (χ4n) is 3.23. The number of aliphatic carboxylic acids is 1. The van der Waals surface area contributed by atoms with Crippen molar-refractivity contribution in [1.29, 1.82) is 0 Å². The number of nitrogens with zero attached hydrogens (tertiary/aromatic N) is 1. The fraction of sp³-hybridized carbons (Fsp3) is 0.692. The van der Waals surface area contributed by atoms with E-state index in [1.54, 1.807) is 4.90 Å². The van der Waals surface area contributed by atoms with Gasteiger partial charge in [0.25, 0.3) is 0 Å². The third kappa shape index (κ3) is 2.35. The summed E-state index contributed by atoms with van der Waals surface area (Å²) in [6, 6.07) is 0.0390. The molecule has 0 aromatic carbocycles. The number of amides is 1. The maximum absolute atomic E-state index is 11.9. The number of likely N-dealkylation sites (tertiary alicyclic amines) is 1. The van der Waals surface area contributed by atoms with E-state index >= 15 is 0 Å². The molecule has 1 aliphatic carbocycles. The SMILES string of the molecule is C=CCOC(=O)N1CCC(C(=O)O)[C@H]2CCC[C@H]21. The van der Waals surface area contributed by atoms with Gasteiger partial charge >= 0.3 is 12.1 Å². The summed E-state index contributed by atoms with van der Waals surface area (Å²) in [5.41, 5.74) is 0. The summed E-state index contributed by atoms with van der Waals surface area (Å²) >= 11 is 0. The molecule has 100 valence electrons. The molecule has 1 saturated carbocycles. The molecule has 1 amide bonds. The van der Waals surface area contributed by atoms with Crippen molar-refractivity contribution >= 4 is 12.1 Å². The van der Waals surface area contributed by atoms with Crippen LogP contribution in [0.15, 0.2) is 12.7 Å². The predicted octanol–water partition coefficient (Wildman–Crippen LogP) is 1.88. The van der Waals surface area contributed by atoms with Crippen LogP contribution in [0.5, 0.6) is 0 Å². The number of carbonyl (C=O) groups excluding carboxylic acids is 1. The number of hydrogen-bond acceptors (Lipinski definition) is 3. The average Bonchev–Trinajstić information content (AvgIpc) is 2.83. The summed E-state index contributed by atoms with van der Waals surface area (Å²) in [5, 5.41) is 9.20. The molecule has 18 heavy (non-hydrogen) atoms. The molecular formula is C13H19NO4. The first-order valence-corrected chi connectivity index (χ1v) is 6.42. The monoisotopic (exact) mass is 253 g/mol. The van der Waals surface area contributed by atoms with Gasteiger partial charge in [-0.3, -0.25) is 4.79 Å². The first kappa shape index (κ1) is 12.9. The topological polar surface area (TPSA) is 66.8 Å². The maximum atomic E-state index is 11.9. The molecule has 2 fully saturated rings. The lowest BCUT2D eigenvalue weighted by Gasteiger charge is -2.40. The molecular weight excluding hydrogens is 234 g/mol. The second-order valence-electron chi connectivity index (χ2n) is 4.95. The molecule has 0 spiro atoms. The van der Waals surface area contributed by atoms with E-state index in [-0.39, 0.29) is 30.6 Å². The highest BCUT2D eigenvalue weighted by molar-refractivity contribution is 5.72. The van der Waals surface area contributed by atoms with Crippen LogP contribution in [0.25, 0.3) is 0 Å². The lowest BCUT2D eigenvalue weighted by molar-refractivity contribution is -0.146. The van der Waals surface area contributed by atoms with Crippen LogP contribution < -0.4 is 0 Å². The minimum Gasteiger partial charge on any atom is -0.481 e. The van der Waals surface area contributed by atoms with Crippen LogP contribution in [-0.2, 0) is 9.53 Å². The molecule has 1 unspecified atom stereocenters. The first-order chi connectivity index (χ1) is 8.65. The van der Waals surface area contributed by atoms with Gasteiger partial charge in [-0.1, -0.05) is 19.1 Å². The molecule has 0 aromatic rings. The van der Waals surface area contributed by atoms with Gasteiger partial charge in [-0.15, -0.1) is 0 Å². The standard InChI is InChI=1S/C13H19NO4/c1-2-8-18-13(17)14-7-6-10(12(15)16)9-4-3-5-11(9)14/h2,9-11H,1,3-8H2,(H,15,16)/t9-,10?,11-/m1/s1. The highest BCUT2D eigenvalue weighted by Crippen LogP contribution is 2.40. The Hall–Kier alpha value is -1.52. The largest absolute Gasteiger partial charge is 0.481 e. The van der Waals surface area contributed by atoms with Crippen molar-refractivity contribution in [1.82, 2.24) is 4.90 Å². The Bertz CT molecular complexity index is 355. The average molecular weight is 253 g/mol. The van der Waals surface area contributed by atoms with Gasteiger partial charge in [0.05, 0.1) is 5.92 Å². The van der Waals surface area contributed by atoms with Crippen LogP contribution in [0, 0.1) is 11.8 Å². The van der Waals surface area contributed by atoms with Crippen molar-refractivity contribution < 1.29 is 19.4 Å². The van der Waals surface area contributed by atoms with Gasteiger partial charge in [0, 0.05) is 12.6 Å². The summed E-state index contributed by atoms with van der Waals surface area (Å²) in [6.07, 6.45) is 4.50. The van der Waals surface area contributed by atoms with Crippen molar-refractivity contribution in [2.45, 2.75) is 31.7 Å². The van der Waals surface area contributed by atoms with Crippen LogP contribution in [0.2, 0.25) is 0 Å². The Morgan fingerprint density at radius 2 is 2.17 bits per heavy atom. The van der Waals surface area contributed by atoms with E-state index in [9.17, 15) is 14.7 Å². The van der Waals surface area contributed by atoms with Gasteiger partial charge in [-0.05, 0) is 25.2 Å². The third-order valence-corrected chi connectivity index (χ3v) is 4.01. The predicted molar refractivity (Wildman–Crippen MR) is 65.1 cm³/mol. The van der Waals surface area contributed by atoms with Crippen molar-refractivity contribution in [3.8, 4) is 0 Å². The van der Waals surface area contributed by atoms with Crippen LogP contribution >= 0.6 is 0 Å². The zero-order chi connectivity index (χ0) is 13.1. The Morgan fingerprint density at radius 1 is 1.39 bits per heavy atom. The molecule has 3 atom stereocenters. The molecule has 1 saturated heterocycles. The number of ether oxygens (including phenoxy) is 1. The minimum absolute atomic E-state index is 0.0390. The van der Waals surface area contributed by atoms with E-state index in [1.807, 2.05) is 0 Å². The minimum atomic E-state index is -0.731. The lowest BCUT2D eigenvalue weighted by Crippen LogP contribution is -2.51. The van der Waals surface area contributed by atoms with Crippen LogP contribution in [-0.4, -0.2) is 41.3 Å². The normalized spacial score (nSPS) is 30.7. The first-order valence-electron chi connectivity index (χ1n) is 6.42. The number of carboxylic acid groups (broad SMARTS) is 1. The van der Waals surface area contributed by atoms with Crippen molar-refractivity contribution in [3.05, 3.63) is 12.7 Å². The van der Waals surface area contributed by atoms with Gasteiger partial charge < -0.3 is 14.7 Å². The number of piperidine rings is 1. The Balaban J connectivity index is 2.05. The quantitative estimate of drug-likeness (QED) is 0.780. The lowest BCUT2D eigenvalue weighted by atomic mass is 9.81. The number of rotatable bonds is 3. The molecule has 1 heterocycles. The summed E-state index contributed by atoms with van der Waals surface area (Å²) < 4.78 is 5.06. The highest BCUT2D eigenvalue weighted by Gasteiger charge is 2.45. The second kappa shape index (κ2) is 5.42. The van der Waals surface area contributed by atoms with Crippen LogP contribution in [0.4, 0.5) is 4.79 Å². The van der Waals surface area contributed by atoms with Gasteiger partial charge in [0.15, 0.2) is 0 Å². The van der Waals surface area contributed by atoms with Crippen LogP contribution in [0.3, 0.4) is 0 Å². The maximum Gasteiger partial charge on any atom is 0.410 e. The fourth-order valence-corrected chi connectivity index (χ4v) is 3.23. The molecule has 1 N–H and O–H groups in total. The van der Waals surface area contributed by atoms with E-state index in [0.29, 0.717) is 13.0 Å². The Labute approximate surface area is 106 Å². The molecule has 1 aliphatic heterocycles. The Kier molecular flexibility index (Phi) is 3.89. The molecule has 2 rings (SSSR count). The zero-order valence-corrected chi connectivity index (χ0v) is 10.4. The van der Waals surface area contributed by atoms with E-state index < -0.39 is 5.97 Å². The molecule has 0 bridgehead atoms. The third-order valence-electron chi connectivity index (χ3n) is 4.01. The van der Waals surface area contributed by atoms with E-state index in [1.165, 1.54) is 6.08 Å². The van der Waals surface area contributed by atoms with Gasteiger partial charge in [-0.25, -0.2) is 4.79 Å². The molecule has 0 aromatic heterocycles. The number of carbonyl (C=O) groups is 2. The zero-order valence-electron chi connectivity index (χ0n) is 10.4. The van der Waals surface area contributed by atoms with E-state index in [2.05, 4.69) is 6.58 Å². The van der Waals surface area contributed by atoms with Crippen molar-refractivity contribution in [3.63, 3.8) is 0 Å². The van der Waals surface area contributed by atoms with Gasteiger partial charge in [0.1, 0.15) is 6.61 Å². The smallest absolute Gasteiger partial charge is 0.410 e. The van der Waals surface area contributed by atoms with E-state index in [0.717, 1.165) is 19.3 Å². The van der Waals surface area contributed by atoms with Crippen LogP contribution in [0.1, 0.15) is 25.7 Å². The van der Waals surface area contributed by atoms with Gasteiger partial charge in [-0.2, -0.15) is 0 Å². The van der Waals surface area contributed by atoms with Crippen molar-refractivity contribution in [2.24, 2.45) is 11.8 Å². The summed E-state index contributed by atoms with van der Waals surface area (Å²) in [6.45, 7) is 4.19. The number of hydrogen-bond donors (Lipinski definition) is 1. The second-order valence-corrected chi connectivity index (χ2v) is 4.95. The molecule has 5 nitrogen and oxygen atoms in total. The molecule has 5 heteroatoms. The summed E-state index contributed by atoms with van der Waals surface area (Å²) in [5.74, 6) is -0.945.